The summed E-state index contributed by atoms with van der Waals surface area (Å²) < 4.78 is 0. The Kier molecular flexibility index (Phi) is 13.8. The summed E-state index contributed by atoms with van der Waals surface area (Å²) in [6.45, 7) is 0. The van der Waals surface area contributed by atoms with Gasteiger partial charge in [0.15, 0.2) is 34.5 Å². The van der Waals surface area contributed by atoms with E-state index in [1.54, 1.807) is 0 Å². The maximum Gasteiger partial charge on any atom is 0.323 e. The Morgan fingerprint density at radius 3 is 0.778 bits per heavy atom. The van der Waals surface area contributed by atoms with Crippen molar-refractivity contribution < 1.29 is 75.7 Å². The molecule has 3 aromatic rings. The molecule has 18 heteroatoms. The van der Waals surface area contributed by atoms with Crippen LogP contribution in [0.15, 0.2) is 54.6 Å². The molecule has 18 nitrogen and oxygen atoms in total. The predicted molar refractivity (Wildman–Crippen MR) is 151 cm³/mol. The van der Waals surface area contributed by atoms with Crippen LogP contribution in [0, 0.1) is 0 Å². The number of benzene rings is 3. The normalized spacial score (nSPS) is 14.5. The van der Waals surface area contributed by atoms with Gasteiger partial charge in [0.05, 0.1) is 0 Å². The van der Waals surface area contributed by atoms with Crippen LogP contribution < -0.4 is 17.2 Å². The predicted octanol–water partition coefficient (Wildman–Crippen LogP) is -1.37. The van der Waals surface area contributed by atoms with Gasteiger partial charge in [-0.25, -0.2) is 0 Å². The molecule has 45 heavy (non-hydrogen) atoms. The molecule has 0 aliphatic carbocycles. The van der Waals surface area contributed by atoms with Gasteiger partial charge in [0.25, 0.3) is 0 Å². The number of carbonyl (C=O) groups is 3. The van der Waals surface area contributed by atoms with Gasteiger partial charge in [-0.3, -0.25) is 14.4 Å². The van der Waals surface area contributed by atoms with E-state index in [1.165, 1.54) is 18.2 Å². The molecule has 0 bridgehead atoms. The average Bonchev–Trinajstić information content (AvgIpc) is 2.99. The highest BCUT2D eigenvalue weighted by Gasteiger charge is 2.26. The number of rotatable bonds is 9. The number of carboxylic acid groups (broad SMARTS) is 3. The summed E-state index contributed by atoms with van der Waals surface area (Å²) in [5.41, 5.74) is 15.9. The van der Waals surface area contributed by atoms with Crippen molar-refractivity contribution in [3.63, 3.8) is 0 Å². The van der Waals surface area contributed by atoms with Gasteiger partial charge in [0.2, 0.25) is 0 Å². The number of nitrogens with two attached hydrogens (primary N) is 3. The number of hydrogen-bond donors (Lipinski definition) is 15. The summed E-state index contributed by atoms with van der Waals surface area (Å²) in [5.74, 6) is -6.43. The first-order chi connectivity index (χ1) is 20.8. The summed E-state index contributed by atoms with van der Waals surface area (Å²) in [5, 5.41) is 108. The van der Waals surface area contributed by atoms with Crippen LogP contribution in [0.25, 0.3) is 0 Å². The van der Waals surface area contributed by atoms with Crippen LogP contribution >= 0.6 is 0 Å². The zero-order valence-corrected chi connectivity index (χ0v) is 23.0. The highest BCUT2D eigenvalue weighted by atomic mass is 16.4. The van der Waals surface area contributed by atoms with Crippen LogP contribution in [-0.2, 0) is 14.4 Å². The molecule has 3 rings (SSSR count). The molecule has 0 aliphatic heterocycles. The molecular formula is C27H33N3O15. The minimum Gasteiger partial charge on any atom is -0.504 e. The van der Waals surface area contributed by atoms with Crippen LogP contribution in [0.2, 0.25) is 0 Å². The molecule has 0 aromatic heterocycles. The topological polar surface area (TPSA) is 372 Å². The molecule has 0 spiro atoms. The standard InChI is InChI=1S/3C9H11NO5/c3*10-7(9(14)15)8(13)4-1-2-5(11)6(12)3-4/h3*1-3,7-8,11-13H,10H2,(H,14,15)/t3*7-,8+/m000/s1. The lowest BCUT2D eigenvalue weighted by Gasteiger charge is -2.15. The molecule has 18 N–H and O–H groups in total. The van der Waals surface area contributed by atoms with E-state index >= 15 is 0 Å². The SMILES string of the molecule is N[C@H](C(=O)O)[C@H](O)c1ccc(O)c(O)c1.N[C@H](C(=O)O)[C@H](O)c1ccc(O)c(O)c1.N[C@H](C(=O)O)[C@H](O)c1ccc(O)c(O)c1. The molecule has 0 amide bonds. The number of carboxylic acids is 3. The van der Waals surface area contributed by atoms with Gasteiger partial charge >= 0.3 is 17.9 Å². The van der Waals surface area contributed by atoms with Gasteiger partial charge in [-0.1, -0.05) is 18.2 Å². The van der Waals surface area contributed by atoms with E-state index in [1.807, 2.05) is 0 Å². The Morgan fingerprint density at radius 2 is 0.622 bits per heavy atom. The maximum atomic E-state index is 10.5. The van der Waals surface area contributed by atoms with E-state index in [0.29, 0.717) is 0 Å². The summed E-state index contributed by atoms with van der Waals surface area (Å²) >= 11 is 0. The lowest BCUT2D eigenvalue weighted by atomic mass is 10.0. The van der Waals surface area contributed by atoms with Crippen molar-refractivity contribution in [3.05, 3.63) is 71.3 Å². The van der Waals surface area contributed by atoms with Crippen molar-refractivity contribution in [3.8, 4) is 34.5 Å². The minimum atomic E-state index is -1.48. The number of aliphatic hydroxyl groups is 3. The lowest BCUT2D eigenvalue weighted by Crippen LogP contribution is -2.36. The quantitative estimate of drug-likeness (QED) is 0.120. The second-order valence-corrected chi connectivity index (χ2v) is 9.17. The highest BCUT2D eigenvalue weighted by molar-refractivity contribution is 5.75. The van der Waals surface area contributed by atoms with Crippen LogP contribution in [0.5, 0.6) is 34.5 Å². The summed E-state index contributed by atoms with van der Waals surface area (Å²) in [6, 6.07) is 6.01. The molecule has 0 saturated carbocycles. The van der Waals surface area contributed by atoms with E-state index in [9.17, 15) is 29.7 Å². The zero-order valence-electron chi connectivity index (χ0n) is 23.0. The fourth-order valence-electron chi connectivity index (χ4n) is 3.20. The van der Waals surface area contributed by atoms with Gasteiger partial charge in [-0.05, 0) is 53.1 Å². The van der Waals surface area contributed by atoms with E-state index in [0.717, 1.165) is 36.4 Å². The number of phenolic OH excluding ortho intramolecular Hbond substituents is 6. The van der Waals surface area contributed by atoms with E-state index < -0.39 is 71.6 Å². The highest BCUT2D eigenvalue weighted by Crippen LogP contribution is 2.30. The molecule has 0 heterocycles. The third-order valence-corrected chi connectivity index (χ3v) is 5.90. The summed E-state index contributed by atoms with van der Waals surface area (Å²) in [7, 11) is 0. The van der Waals surface area contributed by atoms with Crippen molar-refractivity contribution >= 4 is 17.9 Å². The second-order valence-electron chi connectivity index (χ2n) is 9.17. The van der Waals surface area contributed by atoms with Crippen LogP contribution in [-0.4, -0.2) is 97.3 Å². The lowest BCUT2D eigenvalue weighted by molar-refractivity contribution is -0.142. The Labute approximate surface area is 253 Å². The molecule has 0 radical (unpaired) electrons. The molecule has 0 saturated heterocycles. The Balaban J connectivity index is 0.000000337. The van der Waals surface area contributed by atoms with Gasteiger partial charge in [-0.2, -0.15) is 0 Å². The van der Waals surface area contributed by atoms with Crippen molar-refractivity contribution in [1.82, 2.24) is 0 Å². The van der Waals surface area contributed by atoms with Crippen molar-refractivity contribution in [1.29, 1.82) is 0 Å². The smallest absolute Gasteiger partial charge is 0.323 e. The molecule has 246 valence electrons. The molecule has 3 aromatic carbocycles. The maximum absolute atomic E-state index is 10.5. The number of aliphatic carboxylic acids is 3. The van der Waals surface area contributed by atoms with Gasteiger partial charge < -0.3 is 78.5 Å². The average molecular weight is 640 g/mol. The zero-order chi connectivity index (χ0) is 34.8. The molecule has 6 atom stereocenters. The second kappa shape index (κ2) is 16.5. The van der Waals surface area contributed by atoms with Gasteiger partial charge in [-0.15, -0.1) is 0 Å². The van der Waals surface area contributed by atoms with Gasteiger partial charge in [0.1, 0.15) is 36.4 Å². The van der Waals surface area contributed by atoms with E-state index in [2.05, 4.69) is 0 Å². The first-order valence-corrected chi connectivity index (χ1v) is 12.3. The summed E-state index contributed by atoms with van der Waals surface area (Å²) in [6.07, 6.45) is -4.31. The van der Waals surface area contributed by atoms with Crippen molar-refractivity contribution in [2.75, 3.05) is 0 Å². The van der Waals surface area contributed by atoms with E-state index in [-0.39, 0.29) is 33.9 Å². The fraction of sp³-hybridized carbons (Fsp3) is 0.222. The number of aromatic hydroxyl groups is 6. The minimum absolute atomic E-state index is 0.125. The summed E-state index contributed by atoms with van der Waals surface area (Å²) in [4.78, 5) is 31.4. The Hall–Kier alpha value is -5.37. The molecular weight excluding hydrogens is 606 g/mol. The third-order valence-electron chi connectivity index (χ3n) is 5.90. The van der Waals surface area contributed by atoms with Gasteiger partial charge in [0, 0.05) is 0 Å². The molecule has 0 fully saturated rings. The molecule has 0 unspecified atom stereocenters. The number of aliphatic hydroxyl groups excluding tert-OH is 3. The number of hydrogen-bond acceptors (Lipinski definition) is 15. The first kappa shape index (κ1) is 37.7. The van der Waals surface area contributed by atoms with Crippen LogP contribution in [0.1, 0.15) is 35.0 Å². The van der Waals surface area contributed by atoms with Crippen LogP contribution in [0.3, 0.4) is 0 Å². The van der Waals surface area contributed by atoms with E-state index in [4.69, 9.17) is 63.2 Å². The third kappa shape index (κ3) is 10.7. The first-order valence-electron chi connectivity index (χ1n) is 12.3. The van der Waals surface area contributed by atoms with Crippen LogP contribution in [0.4, 0.5) is 0 Å². The fourth-order valence-corrected chi connectivity index (χ4v) is 3.20. The largest absolute Gasteiger partial charge is 0.504 e. The van der Waals surface area contributed by atoms with Crippen molar-refractivity contribution in [2.24, 2.45) is 17.2 Å². The Bertz CT molecular complexity index is 1310. The van der Waals surface area contributed by atoms with Crippen molar-refractivity contribution in [2.45, 2.75) is 36.4 Å². The molecule has 0 aliphatic rings. The Morgan fingerprint density at radius 1 is 0.422 bits per heavy atom. The monoisotopic (exact) mass is 639 g/mol. The number of phenols is 6.